The van der Waals surface area contributed by atoms with Gasteiger partial charge in [0.2, 0.25) is 5.91 Å². The van der Waals surface area contributed by atoms with E-state index in [1.165, 1.54) is 0 Å². The van der Waals surface area contributed by atoms with Crippen molar-refractivity contribution in [3.8, 4) is 5.75 Å². The molecule has 0 radical (unpaired) electrons. The first-order valence-electron chi connectivity index (χ1n) is 7.93. The molecule has 0 spiro atoms. The van der Waals surface area contributed by atoms with Crippen LogP contribution in [0.2, 0.25) is 0 Å². The van der Waals surface area contributed by atoms with Crippen LogP contribution in [0.3, 0.4) is 0 Å². The number of benzene rings is 1. The minimum atomic E-state index is 0.183. The van der Waals surface area contributed by atoms with E-state index in [2.05, 4.69) is 6.92 Å². The maximum Gasteiger partial charge on any atom is 0.227 e. The maximum atomic E-state index is 12.6. The molecule has 0 heterocycles. The Labute approximate surface area is 126 Å². The van der Waals surface area contributed by atoms with Crippen molar-refractivity contribution < 1.29 is 9.90 Å². The lowest BCUT2D eigenvalue weighted by Gasteiger charge is -2.36. The van der Waals surface area contributed by atoms with Crippen LogP contribution >= 0.6 is 0 Å². The summed E-state index contributed by atoms with van der Waals surface area (Å²) >= 11 is 0. The van der Waals surface area contributed by atoms with Gasteiger partial charge in [0.25, 0.3) is 0 Å². The molecular weight excluding hydrogens is 264 g/mol. The maximum absolute atomic E-state index is 12.6. The first-order chi connectivity index (χ1) is 10.1. The van der Waals surface area contributed by atoms with Crippen molar-refractivity contribution in [2.75, 3.05) is 6.54 Å². The van der Waals surface area contributed by atoms with E-state index >= 15 is 0 Å². The number of nitrogens with two attached hydrogens (primary N) is 1. The molecule has 0 aromatic heterocycles. The fourth-order valence-corrected chi connectivity index (χ4v) is 3.06. The highest BCUT2D eigenvalue weighted by Crippen LogP contribution is 2.23. The fraction of sp³-hybridized carbons (Fsp3) is 0.588. The van der Waals surface area contributed by atoms with Crippen molar-refractivity contribution in [1.82, 2.24) is 4.90 Å². The third kappa shape index (κ3) is 4.46. The van der Waals surface area contributed by atoms with Crippen LogP contribution < -0.4 is 5.73 Å². The Morgan fingerprint density at radius 3 is 2.43 bits per heavy atom. The van der Waals surface area contributed by atoms with Gasteiger partial charge in [-0.2, -0.15) is 0 Å². The van der Waals surface area contributed by atoms with Crippen LogP contribution in [0.25, 0.3) is 0 Å². The molecule has 4 heteroatoms. The van der Waals surface area contributed by atoms with Gasteiger partial charge in [-0.05, 0) is 49.8 Å². The SMILES string of the molecule is CCCN(C(=O)Cc1ccc(O)cc1)C1CCC(N)CC1. The van der Waals surface area contributed by atoms with Crippen molar-refractivity contribution in [1.29, 1.82) is 0 Å². The molecule has 1 fully saturated rings. The summed E-state index contributed by atoms with van der Waals surface area (Å²) in [7, 11) is 0. The lowest BCUT2D eigenvalue weighted by Crippen LogP contribution is -2.45. The van der Waals surface area contributed by atoms with Crippen molar-refractivity contribution in [3.05, 3.63) is 29.8 Å². The van der Waals surface area contributed by atoms with Gasteiger partial charge in [-0.15, -0.1) is 0 Å². The van der Waals surface area contributed by atoms with Crippen molar-refractivity contribution in [2.24, 2.45) is 5.73 Å². The zero-order valence-electron chi connectivity index (χ0n) is 12.8. The highest BCUT2D eigenvalue weighted by atomic mass is 16.3. The molecule has 0 aliphatic heterocycles. The first-order valence-corrected chi connectivity index (χ1v) is 7.93. The summed E-state index contributed by atoms with van der Waals surface area (Å²) in [6.07, 6.45) is 5.44. The smallest absolute Gasteiger partial charge is 0.227 e. The Bertz CT molecular complexity index is 450. The summed E-state index contributed by atoms with van der Waals surface area (Å²) in [6, 6.07) is 7.53. The molecule has 0 bridgehead atoms. The number of phenols is 1. The quantitative estimate of drug-likeness (QED) is 0.875. The average molecular weight is 290 g/mol. The number of hydrogen-bond donors (Lipinski definition) is 2. The fourth-order valence-electron chi connectivity index (χ4n) is 3.06. The standard InChI is InChI=1S/C17H26N2O2/c1-2-11-19(15-7-5-14(18)6-8-15)17(21)12-13-3-9-16(20)10-4-13/h3-4,9-10,14-15,20H,2,5-8,11-12,18H2,1H3. The van der Waals surface area contributed by atoms with Gasteiger partial charge >= 0.3 is 0 Å². The molecule has 0 unspecified atom stereocenters. The van der Waals surface area contributed by atoms with Gasteiger partial charge in [-0.25, -0.2) is 0 Å². The van der Waals surface area contributed by atoms with Gasteiger partial charge in [0.15, 0.2) is 0 Å². The number of hydrogen-bond acceptors (Lipinski definition) is 3. The average Bonchev–Trinajstić information content (AvgIpc) is 2.48. The van der Waals surface area contributed by atoms with E-state index in [9.17, 15) is 9.90 Å². The lowest BCUT2D eigenvalue weighted by molar-refractivity contribution is -0.133. The van der Waals surface area contributed by atoms with Crippen LogP contribution in [0, 0.1) is 0 Å². The Morgan fingerprint density at radius 1 is 1.24 bits per heavy atom. The number of nitrogens with zero attached hydrogens (tertiary/aromatic N) is 1. The molecule has 21 heavy (non-hydrogen) atoms. The molecule has 2 rings (SSSR count). The molecule has 1 aromatic carbocycles. The summed E-state index contributed by atoms with van der Waals surface area (Å²) in [5.74, 6) is 0.417. The largest absolute Gasteiger partial charge is 0.508 e. The summed E-state index contributed by atoms with van der Waals surface area (Å²) in [4.78, 5) is 14.6. The predicted molar refractivity (Wildman–Crippen MR) is 84.0 cm³/mol. The van der Waals surface area contributed by atoms with Crippen LogP contribution in [0.1, 0.15) is 44.6 Å². The van der Waals surface area contributed by atoms with Gasteiger partial charge in [-0.3, -0.25) is 4.79 Å². The molecule has 3 N–H and O–H groups in total. The van der Waals surface area contributed by atoms with Gasteiger partial charge < -0.3 is 15.7 Å². The number of rotatable bonds is 5. The number of aromatic hydroxyl groups is 1. The minimum absolute atomic E-state index is 0.183. The number of carbonyl (C=O) groups excluding carboxylic acids is 1. The number of phenolic OH excluding ortho intramolecular Hbond substituents is 1. The van der Waals surface area contributed by atoms with Crippen LogP contribution in [0.4, 0.5) is 0 Å². The first kappa shape index (κ1) is 15.8. The molecule has 0 saturated heterocycles. The topological polar surface area (TPSA) is 66.6 Å². The summed E-state index contributed by atoms with van der Waals surface area (Å²) in [6.45, 7) is 2.92. The van der Waals surface area contributed by atoms with E-state index in [-0.39, 0.29) is 11.7 Å². The van der Waals surface area contributed by atoms with Gasteiger partial charge in [0, 0.05) is 18.6 Å². The van der Waals surface area contributed by atoms with Crippen molar-refractivity contribution in [2.45, 2.75) is 57.5 Å². The molecule has 1 aliphatic carbocycles. The Kier molecular flexibility index (Phi) is 5.62. The van der Waals surface area contributed by atoms with E-state index in [1.807, 2.05) is 17.0 Å². The van der Waals surface area contributed by atoms with E-state index in [1.54, 1.807) is 12.1 Å². The summed E-state index contributed by atoms with van der Waals surface area (Å²) < 4.78 is 0. The zero-order valence-corrected chi connectivity index (χ0v) is 12.8. The molecule has 1 aromatic rings. The van der Waals surface area contributed by atoms with Gasteiger partial charge in [0.05, 0.1) is 6.42 Å². The molecule has 116 valence electrons. The minimum Gasteiger partial charge on any atom is -0.508 e. The monoisotopic (exact) mass is 290 g/mol. The Morgan fingerprint density at radius 2 is 1.86 bits per heavy atom. The normalized spacial score (nSPS) is 22.0. The lowest BCUT2D eigenvalue weighted by atomic mass is 9.90. The van der Waals surface area contributed by atoms with Crippen LogP contribution in [-0.4, -0.2) is 34.5 Å². The molecule has 1 saturated carbocycles. The second-order valence-electron chi connectivity index (χ2n) is 6.00. The molecule has 1 aliphatic rings. The van der Waals surface area contributed by atoms with E-state index < -0.39 is 0 Å². The molecule has 1 amide bonds. The van der Waals surface area contributed by atoms with E-state index in [4.69, 9.17) is 5.73 Å². The highest BCUT2D eigenvalue weighted by molar-refractivity contribution is 5.79. The number of amides is 1. The summed E-state index contributed by atoms with van der Waals surface area (Å²) in [5.41, 5.74) is 6.91. The van der Waals surface area contributed by atoms with Crippen LogP contribution in [-0.2, 0) is 11.2 Å². The zero-order chi connectivity index (χ0) is 15.2. The van der Waals surface area contributed by atoms with Crippen molar-refractivity contribution >= 4 is 5.91 Å². The molecule has 0 atom stereocenters. The Balaban J connectivity index is 1.99. The third-order valence-corrected chi connectivity index (χ3v) is 4.26. The second-order valence-corrected chi connectivity index (χ2v) is 6.00. The van der Waals surface area contributed by atoms with E-state index in [0.717, 1.165) is 44.2 Å². The van der Waals surface area contributed by atoms with Crippen LogP contribution in [0.5, 0.6) is 5.75 Å². The highest BCUT2D eigenvalue weighted by Gasteiger charge is 2.27. The molecule has 4 nitrogen and oxygen atoms in total. The summed E-state index contributed by atoms with van der Waals surface area (Å²) in [5, 5.41) is 9.31. The second kappa shape index (κ2) is 7.46. The van der Waals surface area contributed by atoms with E-state index in [0.29, 0.717) is 18.5 Å². The predicted octanol–water partition coefficient (Wildman–Crippen LogP) is 2.44. The molecular formula is C17H26N2O2. The number of carbonyl (C=O) groups is 1. The van der Waals surface area contributed by atoms with Crippen LogP contribution in [0.15, 0.2) is 24.3 Å². The van der Waals surface area contributed by atoms with Gasteiger partial charge in [0.1, 0.15) is 5.75 Å². The Hall–Kier alpha value is -1.55. The van der Waals surface area contributed by atoms with Gasteiger partial charge in [-0.1, -0.05) is 19.1 Å². The third-order valence-electron chi connectivity index (χ3n) is 4.26. The van der Waals surface area contributed by atoms with Crippen molar-refractivity contribution in [3.63, 3.8) is 0 Å².